The van der Waals surface area contributed by atoms with Crippen LogP contribution >= 0.6 is 0 Å². The van der Waals surface area contributed by atoms with E-state index in [0.717, 1.165) is 11.4 Å². The Balaban J connectivity index is 1.89. The van der Waals surface area contributed by atoms with Crippen molar-refractivity contribution in [1.29, 1.82) is 0 Å². The highest BCUT2D eigenvalue weighted by atomic mass is 14.9. The summed E-state index contributed by atoms with van der Waals surface area (Å²) in [6.45, 7) is 4.45. The number of nitrogens with zero attached hydrogens (tertiary/aromatic N) is 1. The third-order valence-corrected chi connectivity index (χ3v) is 3.57. The minimum absolute atomic E-state index is 0.810. The molecule has 0 amide bonds. The largest absolute Gasteiger partial charge is 0.316 e. The molecule has 0 spiro atoms. The van der Waals surface area contributed by atoms with Crippen LogP contribution < -0.4 is 5.32 Å². The summed E-state index contributed by atoms with van der Waals surface area (Å²) in [4.78, 5) is 4.44. The molecule has 2 aromatic rings. The van der Waals surface area contributed by atoms with Gasteiger partial charge in [-0.3, -0.25) is 4.98 Å². The number of fused-ring (bicyclic) bond motifs is 1. The van der Waals surface area contributed by atoms with E-state index in [1.807, 2.05) is 6.20 Å². The zero-order chi connectivity index (χ0) is 11.7. The van der Waals surface area contributed by atoms with Gasteiger partial charge in [-0.15, -0.1) is 0 Å². The predicted octanol–water partition coefficient (Wildman–Crippen LogP) is 2.70. The van der Waals surface area contributed by atoms with Crippen molar-refractivity contribution in [2.24, 2.45) is 5.92 Å². The second-order valence-electron chi connectivity index (χ2n) is 5.10. The van der Waals surface area contributed by atoms with Gasteiger partial charge in [-0.05, 0) is 68.1 Å². The summed E-state index contributed by atoms with van der Waals surface area (Å²) >= 11 is 0. The van der Waals surface area contributed by atoms with Crippen molar-refractivity contribution in [3.63, 3.8) is 0 Å². The Bertz CT molecular complexity index is 527. The summed E-state index contributed by atoms with van der Waals surface area (Å²) in [6.07, 6.45) is 4.43. The van der Waals surface area contributed by atoms with Gasteiger partial charge in [0.2, 0.25) is 0 Å². The maximum Gasteiger partial charge on any atom is 0.0702 e. The van der Waals surface area contributed by atoms with E-state index in [1.165, 1.54) is 42.4 Å². The molecule has 2 nitrogen and oxygen atoms in total. The molecule has 1 atom stereocenters. The Morgan fingerprint density at radius 3 is 3.12 bits per heavy atom. The van der Waals surface area contributed by atoms with Gasteiger partial charge in [-0.2, -0.15) is 0 Å². The van der Waals surface area contributed by atoms with Crippen LogP contribution in [-0.2, 0) is 6.42 Å². The second-order valence-corrected chi connectivity index (χ2v) is 5.10. The number of hydrogen-bond acceptors (Lipinski definition) is 2. The van der Waals surface area contributed by atoms with Crippen LogP contribution in [0.15, 0.2) is 30.5 Å². The molecule has 0 saturated carbocycles. The van der Waals surface area contributed by atoms with Gasteiger partial charge >= 0.3 is 0 Å². The molecule has 1 aromatic carbocycles. The lowest BCUT2D eigenvalue weighted by atomic mass is 9.97. The fraction of sp³-hybridized carbons (Fsp3) is 0.400. The third-order valence-electron chi connectivity index (χ3n) is 3.57. The summed E-state index contributed by atoms with van der Waals surface area (Å²) < 4.78 is 0. The highest BCUT2D eigenvalue weighted by Gasteiger charge is 2.14. The van der Waals surface area contributed by atoms with Crippen LogP contribution in [0.25, 0.3) is 10.9 Å². The van der Waals surface area contributed by atoms with Crippen molar-refractivity contribution >= 4 is 10.9 Å². The Hall–Kier alpha value is -1.41. The van der Waals surface area contributed by atoms with Crippen LogP contribution in [0.3, 0.4) is 0 Å². The van der Waals surface area contributed by atoms with Crippen molar-refractivity contribution in [2.45, 2.75) is 19.8 Å². The normalized spacial score (nSPS) is 19.9. The maximum absolute atomic E-state index is 4.44. The average molecular weight is 226 g/mol. The van der Waals surface area contributed by atoms with E-state index >= 15 is 0 Å². The van der Waals surface area contributed by atoms with Gasteiger partial charge in [0.15, 0.2) is 0 Å². The standard InChI is InChI=1S/C15H18N2/c1-11-6-14-8-12(2-3-15(14)17-9-11)7-13-4-5-16-10-13/h2-3,6,8-9,13,16H,4-5,7,10H2,1H3. The molecule has 3 rings (SSSR count). The van der Waals surface area contributed by atoms with E-state index in [9.17, 15) is 0 Å². The maximum atomic E-state index is 4.44. The van der Waals surface area contributed by atoms with Crippen molar-refractivity contribution < 1.29 is 0 Å². The monoisotopic (exact) mass is 226 g/mol. The van der Waals surface area contributed by atoms with E-state index in [0.29, 0.717) is 0 Å². The molecule has 2 heterocycles. The smallest absolute Gasteiger partial charge is 0.0702 e. The van der Waals surface area contributed by atoms with Crippen LogP contribution in [0.2, 0.25) is 0 Å². The third kappa shape index (κ3) is 2.32. The minimum atomic E-state index is 0.810. The Morgan fingerprint density at radius 1 is 1.35 bits per heavy atom. The summed E-state index contributed by atoms with van der Waals surface area (Å²) in [5.41, 5.74) is 3.78. The molecule has 1 aromatic heterocycles. The molecule has 1 unspecified atom stereocenters. The van der Waals surface area contributed by atoms with Crippen molar-refractivity contribution in [1.82, 2.24) is 10.3 Å². The number of aryl methyl sites for hydroxylation is 1. The molecule has 0 bridgehead atoms. The van der Waals surface area contributed by atoms with Gasteiger partial charge in [0.1, 0.15) is 0 Å². The van der Waals surface area contributed by atoms with Crippen LogP contribution in [0.1, 0.15) is 17.5 Å². The lowest BCUT2D eigenvalue weighted by Crippen LogP contribution is -2.10. The zero-order valence-electron chi connectivity index (χ0n) is 10.2. The number of hydrogen-bond donors (Lipinski definition) is 1. The molecule has 0 radical (unpaired) electrons. The molecule has 17 heavy (non-hydrogen) atoms. The summed E-state index contributed by atoms with van der Waals surface area (Å²) in [5, 5.41) is 4.70. The number of pyridine rings is 1. The fourth-order valence-corrected chi connectivity index (χ4v) is 2.64. The highest BCUT2D eigenvalue weighted by Crippen LogP contribution is 2.20. The first-order chi connectivity index (χ1) is 8.31. The van der Waals surface area contributed by atoms with Gasteiger partial charge in [0, 0.05) is 11.6 Å². The van der Waals surface area contributed by atoms with Gasteiger partial charge in [0.05, 0.1) is 5.52 Å². The Kier molecular flexibility index (Phi) is 2.81. The first kappa shape index (κ1) is 10.7. The first-order valence-corrected chi connectivity index (χ1v) is 6.37. The number of nitrogens with one attached hydrogen (secondary N) is 1. The lowest BCUT2D eigenvalue weighted by Gasteiger charge is -2.09. The second kappa shape index (κ2) is 4.46. The van der Waals surface area contributed by atoms with E-state index in [4.69, 9.17) is 0 Å². The number of benzene rings is 1. The molecular weight excluding hydrogens is 208 g/mol. The summed E-state index contributed by atoms with van der Waals surface area (Å²) in [7, 11) is 0. The molecule has 1 fully saturated rings. The van der Waals surface area contributed by atoms with Crippen molar-refractivity contribution in [3.05, 3.63) is 41.6 Å². The Morgan fingerprint density at radius 2 is 2.29 bits per heavy atom. The van der Waals surface area contributed by atoms with Crippen LogP contribution in [0.4, 0.5) is 0 Å². The van der Waals surface area contributed by atoms with E-state index in [2.05, 4.69) is 41.5 Å². The van der Waals surface area contributed by atoms with Gasteiger partial charge in [-0.25, -0.2) is 0 Å². The van der Waals surface area contributed by atoms with E-state index < -0.39 is 0 Å². The fourth-order valence-electron chi connectivity index (χ4n) is 2.64. The molecule has 88 valence electrons. The average Bonchev–Trinajstić information content (AvgIpc) is 2.81. The summed E-state index contributed by atoms with van der Waals surface area (Å²) in [5.74, 6) is 0.810. The quantitative estimate of drug-likeness (QED) is 0.851. The lowest BCUT2D eigenvalue weighted by molar-refractivity contribution is 0.580. The zero-order valence-corrected chi connectivity index (χ0v) is 10.2. The topological polar surface area (TPSA) is 24.9 Å². The van der Waals surface area contributed by atoms with Crippen molar-refractivity contribution in [3.8, 4) is 0 Å². The SMILES string of the molecule is Cc1cnc2ccc(CC3CCNC3)cc2c1. The number of aromatic nitrogens is 1. The van der Waals surface area contributed by atoms with Crippen molar-refractivity contribution in [2.75, 3.05) is 13.1 Å². The van der Waals surface area contributed by atoms with Gasteiger partial charge in [-0.1, -0.05) is 6.07 Å². The summed E-state index contributed by atoms with van der Waals surface area (Å²) in [6, 6.07) is 8.89. The molecule has 2 heteroatoms. The number of rotatable bonds is 2. The Labute approximate surface area is 102 Å². The van der Waals surface area contributed by atoms with Gasteiger partial charge < -0.3 is 5.32 Å². The van der Waals surface area contributed by atoms with E-state index in [1.54, 1.807) is 0 Å². The van der Waals surface area contributed by atoms with Crippen LogP contribution in [0.5, 0.6) is 0 Å². The minimum Gasteiger partial charge on any atom is -0.316 e. The van der Waals surface area contributed by atoms with Crippen LogP contribution in [0, 0.1) is 12.8 Å². The molecule has 1 aliphatic heterocycles. The van der Waals surface area contributed by atoms with Gasteiger partial charge in [0.25, 0.3) is 0 Å². The molecule has 1 aliphatic rings. The predicted molar refractivity (Wildman–Crippen MR) is 71.2 cm³/mol. The molecule has 1 saturated heterocycles. The highest BCUT2D eigenvalue weighted by molar-refractivity contribution is 5.79. The first-order valence-electron chi connectivity index (χ1n) is 6.37. The van der Waals surface area contributed by atoms with E-state index in [-0.39, 0.29) is 0 Å². The van der Waals surface area contributed by atoms with Crippen LogP contribution in [-0.4, -0.2) is 18.1 Å². The molecular formula is C15H18N2. The molecule has 1 N–H and O–H groups in total. The molecule has 0 aliphatic carbocycles.